The average molecular weight is 293 g/mol. The summed E-state index contributed by atoms with van der Waals surface area (Å²) in [6.45, 7) is 2.14. The van der Waals surface area contributed by atoms with E-state index in [9.17, 15) is 4.79 Å². The van der Waals surface area contributed by atoms with Crippen LogP contribution in [0.1, 0.15) is 36.6 Å². The van der Waals surface area contributed by atoms with Gasteiger partial charge < -0.3 is 4.98 Å². The molecule has 22 heavy (non-hydrogen) atoms. The maximum Gasteiger partial charge on any atom is 0.331 e. The summed E-state index contributed by atoms with van der Waals surface area (Å²) < 4.78 is 1.66. The first kappa shape index (κ1) is 13.3. The van der Waals surface area contributed by atoms with E-state index >= 15 is 0 Å². The number of aromatic nitrogens is 3. The van der Waals surface area contributed by atoms with Crippen LogP contribution < -0.4 is 5.69 Å². The number of nitrogens with zero attached hydrogens (tertiary/aromatic N) is 2. The Morgan fingerprint density at radius 3 is 2.73 bits per heavy atom. The topological polar surface area (TPSA) is 50.2 Å². The summed E-state index contributed by atoms with van der Waals surface area (Å²) in [5, 5.41) is 0. The van der Waals surface area contributed by atoms with E-state index in [0.717, 1.165) is 48.3 Å². The van der Waals surface area contributed by atoms with Crippen molar-refractivity contribution in [3.63, 3.8) is 0 Å². The Bertz CT molecular complexity index is 887. The van der Waals surface area contributed by atoms with Gasteiger partial charge in [-0.2, -0.15) is 0 Å². The number of imidazole rings is 1. The number of fused-ring (bicyclic) bond motifs is 3. The molecule has 1 aliphatic rings. The zero-order valence-electron chi connectivity index (χ0n) is 12.7. The summed E-state index contributed by atoms with van der Waals surface area (Å²) in [5.41, 5.74) is 6.26. The number of nitrogens with one attached hydrogen (secondary N) is 1. The molecule has 0 saturated carbocycles. The molecule has 1 N–H and O–H groups in total. The van der Waals surface area contributed by atoms with Crippen molar-refractivity contribution in [2.45, 2.75) is 39.0 Å². The number of benzene rings is 1. The number of hydrogen-bond acceptors (Lipinski definition) is 2. The predicted octanol–water partition coefficient (Wildman–Crippen LogP) is 3.13. The standard InChI is InChI=1S/C18H19N3O/c1-2-12-7-9-13(10-8-12)16-11-21-17(19-16)14-5-3-4-6-15(14)20-18(21)22/h7-11H,2-6H2,1H3,(H,20,22). The highest BCUT2D eigenvalue weighted by molar-refractivity contribution is 5.65. The minimum Gasteiger partial charge on any atom is -0.311 e. The third-order valence-electron chi connectivity index (χ3n) is 4.58. The van der Waals surface area contributed by atoms with Crippen LogP contribution in [0.2, 0.25) is 0 Å². The lowest BCUT2D eigenvalue weighted by Crippen LogP contribution is -2.21. The van der Waals surface area contributed by atoms with Crippen molar-refractivity contribution in [1.29, 1.82) is 0 Å². The highest BCUT2D eigenvalue weighted by Crippen LogP contribution is 2.25. The van der Waals surface area contributed by atoms with Crippen molar-refractivity contribution in [2.75, 3.05) is 0 Å². The van der Waals surface area contributed by atoms with Gasteiger partial charge in [-0.15, -0.1) is 0 Å². The van der Waals surface area contributed by atoms with Crippen molar-refractivity contribution in [1.82, 2.24) is 14.4 Å². The third kappa shape index (κ3) is 2.06. The van der Waals surface area contributed by atoms with E-state index in [2.05, 4.69) is 36.2 Å². The minimum absolute atomic E-state index is 0.0837. The molecule has 4 rings (SSSR count). The Morgan fingerprint density at radius 2 is 1.95 bits per heavy atom. The number of aromatic amines is 1. The van der Waals surface area contributed by atoms with Crippen LogP contribution in [0.5, 0.6) is 0 Å². The van der Waals surface area contributed by atoms with Gasteiger partial charge in [0.15, 0.2) is 0 Å². The van der Waals surface area contributed by atoms with Gasteiger partial charge in [-0.3, -0.25) is 4.40 Å². The third-order valence-corrected chi connectivity index (χ3v) is 4.58. The van der Waals surface area contributed by atoms with Crippen LogP contribution in [0.3, 0.4) is 0 Å². The Morgan fingerprint density at radius 1 is 1.18 bits per heavy atom. The van der Waals surface area contributed by atoms with E-state index in [1.54, 1.807) is 4.40 Å². The molecule has 0 radical (unpaired) electrons. The quantitative estimate of drug-likeness (QED) is 0.789. The number of hydrogen-bond donors (Lipinski definition) is 1. The molecule has 1 aromatic carbocycles. The maximum atomic E-state index is 12.3. The fraction of sp³-hybridized carbons (Fsp3) is 0.333. The maximum absolute atomic E-state index is 12.3. The molecule has 4 nitrogen and oxygen atoms in total. The van der Waals surface area contributed by atoms with E-state index in [-0.39, 0.29) is 5.69 Å². The molecule has 0 unspecified atom stereocenters. The number of H-pyrrole nitrogens is 1. The SMILES string of the molecule is CCc1ccc(-c2cn3c(=O)[nH]c4c(c3n2)CCCC4)cc1. The molecule has 0 saturated heterocycles. The van der Waals surface area contributed by atoms with Gasteiger partial charge in [0.2, 0.25) is 0 Å². The Labute approximate surface area is 128 Å². The molecule has 0 fully saturated rings. The average Bonchev–Trinajstić information content (AvgIpc) is 3.01. The predicted molar refractivity (Wildman–Crippen MR) is 87.3 cm³/mol. The van der Waals surface area contributed by atoms with E-state index in [4.69, 9.17) is 4.98 Å². The molecular formula is C18H19N3O. The Balaban J connectivity index is 1.89. The molecule has 0 aliphatic heterocycles. The van der Waals surface area contributed by atoms with Gasteiger partial charge in [-0.25, -0.2) is 9.78 Å². The van der Waals surface area contributed by atoms with Crippen LogP contribution in [0, 0.1) is 0 Å². The zero-order chi connectivity index (χ0) is 15.1. The van der Waals surface area contributed by atoms with Gasteiger partial charge in [0.05, 0.1) is 5.69 Å². The molecule has 0 atom stereocenters. The monoisotopic (exact) mass is 293 g/mol. The molecule has 0 spiro atoms. The van der Waals surface area contributed by atoms with Crippen molar-refractivity contribution in [3.05, 3.63) is 57.8 Å². The van der Waals surface area contributed by atoms with Crippen molar-refractivity contribution >= 4 is 5.65 Å². The Kier molecular flexibility index (Phi) is 3.10. The molecule has 2 heterocycles. The lowest BCUT2D eigenvalue weighted by molar-refractivity contribution is 0.659. The Hall–Kier alpha value is -2.36. The van der Waals surface area contributed by atoms with E-state index in [1.165, 1.54) is 17.5 Å². The summed E-state index contributed by atoms with van der Waals surface area (Å²) in [6, 6.07) is 8.42. The van der Waals surface area contributed by atoms with Gasteiger partial charge in [0, 0.05) is 23.0 Å². The highest BCUT2D eigenvalue weighted by Gasteiger charge is 2.17. The summed E-state index contributed by atoms with van der Waals surface area (Å²) in [6.07, 6.45) is 7.14. The lowest BCUT2D eigenvalue weighted by Gasteiger charge is -2.15. The molecule has 4 heteroatoms. The smallest absolute Gasteiger partial charge is 0.311 e. The molecule has 112 valence electrons. The lowest BCUT2D eigenvalue weighted by atomic mass is 9.97. The normalized spacial score (nSPS) is 14.2. The summed E-state index contributed by atoms with van der Waals surface area (Å²) >= 11 is 0. The van der Waals surface area contributed by atoms with Gasteiger partial charge in [0.25, 0.3) is 0 Å². The molecule has 3 aromatic rings. The van der Waals surface area contributed by atoms with Gasteiger partial charge in [0.1, 0.15) is 5.65 Å². The van der Waals surface area contributed by atoms with E-state index < -0.39 is 0 Å². The molecule has 2 aromatic heterocycles. The minimum atomic E-state index is -0.0837. The first-order valence-electron chi connectivity index (χ1n) is 7.98. The largest absolute Gasteiger partial charge is 0.331 e. The van der Waals surface area contributed by atoms with Crippen LogP contribution in [0.4, 0.5) is 0 Å². The van der Waals surface area contributed by atoms with Crippen molar-refractivity contribution in [2.24, 2.45) is 0 Å². The second-order valence-electron chi connectivity index (χ2n) is 5.96. The summed E-state index contributed by atoms with van der Waals surface area (Å²) in [7, 11) is 0. The van der Waals surface area contributed by atoms with Crippen LogP contribution in [0.25, 0.3) is 16.9 Å². The first-order valence-corrected chi connectivity index (χ1v) is 7.98. The van der Waals surface area contributed by atoms with Gasteiger partial charge >= 0.3 is 5.69 Å². The van der Waals surface area contributed by atoms with Crippen LogP contribution >= 0.6 is 0 Å². The van der Waals surface area contributed by atoms with Crippen molar-refractivity contribution in [3.8, 4) is 11.3 Å². The fourth-order valence-corrected chi connectivity index (χ4v) is 3.28. The second-order valence-corrected chi connectivity index (χ2v) is 5.96. The van der Waals surface area contributed by atoms with Crippen LogP contribution in [-0.4, -0.2) is 14.4 Å². The summed E-state index contributed by atoms with van der Waals surface area (Å²) in [5.74, 6) is 0. The van der Waals surface area contributed by atoms with Crippen LogP contribution in [0.15, 0.2) is 35.3 Å². The fourth-order valence-electron chi connectivity index (χ4n) is 3.28. The molecule has 0 bridgehead atoms. The molecule has 0 amide bonds. The highest BCUT2D eigenvalue weighted by atomic mass is 16.1. The molecular weight excluding hydrogens is 274 g/mol. The first-order chi connectivity index (χ1) is 10.8. The summed E-state index contributed by atoms with van der Waals surface area (Å²) in [4.78, 5) is 20.0. The van der Waals surface area contributed by atoms with Gasteiger partial charge in [-0.05, 0) is 37.7 Å². The van der Waals surface area contributed by atoms with Crippen LogP contribution in [-0.2, 0) is 19.3 Å². The van der Waals surface area contributed by atoms with E-state index in [1.807, 2.05) is 6.20 Å². The van der Waals surface area contributed by atoms with Gasteiger partial charge in [-0.1, -0.05) is 31.2 Å². The molecule has 1 aliphatic carbocycles. The number of rotatable bonds is 2. The van der Waals surface area contributed by atoms with E-state index in [0.29, 0.717) is 0 Å². The van der Waals surface area contributed by atoms with Crippen molar-refractivity contribution < 1.29 is 0 Å². The zero-order valence-corrected chi connectivity index (χ0v) is 12.7. The second kappa shape index (κ2) is 5.13. The number of aryl methyl sites for hydroxylation is 3.